The smallest absolute Gasteiger partial charge is 0.394 e. The average molecular weight is 396 g/mol. The van der Waals surface area contributed by atoms with Crippen LogP contribution in [-0.2, 0) is 19.4 Å². The van der Waals surface area contributed by atoms with Crippen LogP contribution in [0.5, 0.6) is 0 Å². The summed E-state index contributed by atoms with van der Waals surface area (Å²) in [7, 11) is -0.384. The molecule has 1 atom stereocenters. The zero-order valence-electron chi connectivity index (χ0n) is 16.3. The van der Waals surface area contributed by atoms with E-state index >= 15 is 0 Å². The molecule has 0 fully saturated rings. The minimum Gasteiger partial charge on any atom is -0.449 e. The summed E-state index contributed by atoms with van der Waals surface area (Å²) in [5.41, 5.74) is 0. The third-order valence-electron chi connectivity index (χ3n) is 4.42. The molecule has 0 radical (unpaired) electrons. The van der Waals surface area contributed by atoms with Crippen LogP contribution in [0.15, 0.2) is 35.2 Å². The number of nitrogens with zero attached hydrogens (tertiary/aromatic N) is 1. The standard InChI is InChI=1S/C18H29BN2O5S/c1-15(22)21(2)13-9-4-3-6-12-17(14-26-18(23)20-19)27(24,25)16-10-7-5-8-11-16/h5,7-8,10-11,17H,3-4,6,9,12-14,19H2,1-2H3,(H,20,23). The molecule has 150 valence electrons. The van der Waals surface area contributed by atoms with Crippen molar-refractivity contribution in [2.24, 2.45) is 0 Å². The lowest BCUT2D eigenvalue weighted by Crippen LogP contribution is -2.31. The topological polar surface area (TPSA) is 92.8 Å². The first-order chi connectivity index (χ1) is 12.8. The number of benzene rings is 1. The molecule has 0 aromatic heterocycles. The van der Waals surface area contributed by atoms with Gasteiger partial charge in [-0.2, -0.15) is 0 Å². The third kappa shape index (κ3) is 8.03. The number of unbranched alkanes of at least 4 members (excludes halogenated alkanes) is 3. The lowest BCUT2D eigenvalue weighted by atomic mass is 10.1. The Morgan fingerprint density at radius 3 is 2.37 bits per heavy atom. The molecular weight excluding hydrogens is 367 g/mol. The average Bonchev–Trinajstić information content (AvgIpc) is 2.66. The lowest BCUT2D eigenvalue weighted by molar-refractivity contribution is -0.127. The number of ether oxygens (including phenoxy) is 1. The van der Waals surface area contributed by atoms with Crippen LogP contribution in [0.3, 0.4) is 0 Å². The van der Waals surface area contributed by atoms with Crippen molar-refractivity contribution in [2.75, 3.05) is 20.2 Å². The van der Waals surface area contributed by atoms with Crippen LogP contribution >= 0.6 is 0 Å². The molecule has 7 nitrogen and oxygen atoms in total. The van der Waals surface area contributed by atoms with E-state index < -0.39 is 21.2 Å². The zero-order valence-corrected chi connectivity index (χ0v) is 17.1. The SMILES string of the molecule is BNC(=O)OCC(CCCCCCN(C)C(C)=O)S(=O)(=O)c1ccccc1. The second-order valence-corrected chi connectivity index (χ2v) is 8.70. The molecule has 1 aromatic rings. The molecular formula is C18H29BN2O5S. The normalized spacial score (nSPS) is 12.2. The molecule has 0 saturated heterocycles. The minimum absolute atomic E-state index is 0.0374. The Bertz CT molecular complexity index is 697. The van der Waals surface area contributed by atoms with Crippen LogP contribution in [0.25, 0.3) is 0 Å². The molecule has 27 heavy (non-hydrogen) atoms. The Morgan fingerprint density at radius 2 is 1.78 bits per heavy atom. The summed E-state index contributed by atoms with van der Waals surface area (Å²) >= 11 is 0. The molecule has 0 saturated carbocycles. The second-order valence-electron chi connectivity index (χ2n) is 6.47. The third-order valence-corrected chi connectivity index (χ3v) is 6.60. The number of rotatable bonds is 11. The Balaban J connectivity index is 2.60. The highest BCUT2D eigenvalue weighted by atomic mass is 32.2. The number of nitrogens with one attached hydrogen (secondary N) is 1. The summed E-state index contributed by atoms with van der Waals surface area (Å²) in [6.07, 6.45) is 3.11. The van der Waals surface area contributed by atoms with Crippen molar-refractivity contribution in [3.05, 3.63) is 30.3 Å². The first-order valence-corrected chi connectivity index (χ1v) is 10.7. The first kappa shape index (κ1) is 23.0. The fraction of sp³-hybridized carbons (Fsp3) is 0.556. The first-order valence-electron chi connectivity index (χ1n) is 9.14. The molecule has 0 spiro atoms. The van der Waals surface area contributed by atoms with Gasteiger partial charge in [-0.15, -0.1) is 0 Å². The number of amides is 2. The van der Waals surface area contributed by atoms with Gasteiger partial charge in [0.05, 0.1) is 4.90 Å². The maximum atomic E-state index is 12.9. The van der Waals surface area contributed by atoms with Crippen LogP contribution < -0.4 is 5.23 Å². The van der Waals surface area contributed by atoms with E-state index in [2.05, 4.69) is 5.23 Å². The summed E-state index contributed by atoms with van der Waals surface area (Å²) in [5.74, 6) is 0.0374. The molecule has 1 rings (SSSR count). The van der Waals surface area contributed by atoms with Crippen molar-refractivity contribution < 1.29 is 22.7 Å². The minimum atomic E-state index is -3.58. The van der Waals surface area contributed by atoms with Gasteiger partial charge in [0.25, 0.3) is 0 Å². The van der Waals surface area contributed by atoms with Crippen LogP contribution in [0.1, 0.15) is 39.0 Å². The van der Waals surface area contributed by atoms with E-state index in [-0.39, 0.29) is 17.4 Å². The van der Waals surface area contributed by atoms with E-state index in [1.54, 1.807) is 42.3 Å². The number of carbonyl (C=O) groups excluding carboxylic acids is 2. The van der Waals surface area contributed by atoms with Gasteiger partial charge >= 0.3 is 6.09 Å². The number of carbonyl (C=O) groups is 2. The van der Waals surface area contributed by atoms with Crippen molar-refractivity contribution >= 4 is 29.8 Å². The highest BCUT2D eigenvalue weighted by molar-refractivity contribution is 7.92. The fourth-order valence-corrected chi connectivity index (χ4v) is 4.25. The van der Waals surface area contributed by atoms with E-state index in [0.29, 0.717) is 19.4 Å². The molecule has 1 unspecified atom stereocenters. The zero-order chi connectivity index (χ0) is 20.3. The largest absolute Gasteiger partial charge is 0.449 e. The van der Waals surface area contributed by atoms with E-state index in [4.69, 9.17) is 4.74 Å². The molecule has 0 aliphatic heterocycles. The van der Waals surface area contributed by atoms with E-state index in [9.17, 15) is 18.0 Å². The Morgan fingerprint density at radius 1 is 1.15 bits per heavy atom. The number of hydrogen-bond donors (Lipinski definition) is 1. The summed E-state index contributed by atoms with van der Waals surface area (Å²) in [6, 6.07) is 8.22. The van der Waals surface area contributed by atoms with Crippen LogP contribution in [0.4, 0.5) is 4.79 Å². The fourth-order valence-electron chi connectivity index (χ4n) is 2.60. The predicted octanol–water partition coefficient (Wildman–Crippen LogP) is 1.53. The second kappa shape index (κ2) is 11.6. The van der Waals surface area contributed by atoms with Gasteiger partial charge in [-0.05, 0) is 25.0 Å². The van der Waals surface area contributed by atoms with Crippen molar-refractivity contribution in [3.8, 4) is 0 Å². The summed E-state index contributed by atoms with van der Waals surface area (Å²) in [4.78, 5) is 24.4. The van der Waals surface area contributed by atoms with Crippen molar-refractivity contribution in [2.45, 2.75) is 49.2 Å². The van der Waals surface area contributed by atoms with E-state index in [1.807, 2.05) is 0 Å². The van der Waals surface area contributed by atoms with Gasteiger partial charge in [0, 0.05) is 20.5 Å². The Hall–Kier alpha value is -2.03. The maximum absolute atomic E-state index is 12.9. The van der Waals surface area contributed by atoms with Gasteiger partial charge in [0.1, 0.15) is 11.9 Å². The van der Waals surface area contributed by atoms with Crippen LogP contribution in [0, 0.1) is 0 Å². The maximum Gasteiger partial charge on any atom is 0.394 e. The van der Waals surface area contributed by atoms with Crippen LogP contribution in [0.2, 0.25) is 0 Å². The predicted molar refractivity (Wildman–Crippen MR) is 107 cm³/mol. The summed E-state index contributed by atoms with van der Waals surface area (Å²) < 4.78 is 30.7. The molecule has 9 heteroatoms. The van der Waals surface area contributed by atoms with Gasteiger partial charge in [-0.25, -0.2) is 13.2 Å². The van der Waals surface area contributed by atoms with Crippen molar-refractivity contribution in [3.63, 3.8) is 0 Å². The quantitative estimate of drug-likeness (QED) is 0.452. The van der Waals surface area contributed by atoms with Gasteiger partial charge < -0.3 is 14.9 Å². The highest BCUT2D eigenvalue weighted by Crippen LogP contribution is 2.21. The van der Waals surface area contributed by atoms with E-state index in [1.165, 1.54) is 14.9 Å². The van der Waals surface area contributed by atoms with Crippen molar-refractivity contribution in [1.82, 2.24) is 10.1 Å². The van der Waals surface area contributed by atoms with Gasteiger partial charge in [0.2, 0.25) is 13.9 Å². The van der Waals surface area contributed by atoms with Gasteiger partial charge in [-0.1, -0.05) is 37.5 Å². The molecule has 1 aromatic carbocycles. The molecule has 0 heterocycles. The Kier molecular flexibility index (Phi) is 9.92. The number of hydrogen-bond acceptors (Lipinski definition) is 5. The lowest BCUT2D eigenvalue weighted by Gasteiger charge is -2.18. The molecule has 0 aliphatic carbocycles. The molecule has 2 amide bonds. The summed E-state index contributed by atoms with van der Waals surface area (Å²) in [6.45, 7) is 2.05. The van der Waals surface area contributed by atoms with Crippen LogP contribution in [-0.4, -0.2) is 58.7 Å². The number of sulfone groups is 1. The highest BCUT2D eigenvalue weighted by Gasteiger charge is 2.28. The molecule has 1 N–H and O–H groups in total. The van der Waals surface area contributed by atoms with Crippen molar-refractivity contribution in [1.29, 1.82) is 0 Å². The van der Waals surface area contributed by atoms with Gasteiger partial charge in [0.15, 0.2) is 9.84 Å². The monoisotopic (exact) mass is 396 g/mol. The molecule has 0 aliphatic rings. The van der Waals surface area contributed by atoms with E-state index in [0.717, 1.165) is 19.3 Å². The Labute approximate surface area is 162 Å². The molecule has 0 bridgehead atoms. The van der Waals surface area contributed by atoms with Gasteiger partial charge in [-0.3, -0.25) is 4.79 Å². The summed E-state index contributed by atoms with van der Waals surface area (Å²) in [5, 5.41) is 1.55.